The van der Waals surface area contributed by atoms with E-state index < -0.39 is 102 Å². The van der Waals surface area contributed by atoms with Crippen LogP contribution in [0.5, 0.6) is 17.2 Å². The first-order valence-corrected chi connectivity index (χ1v) is 26.3. The number of esters is 1. The second kappa shape index (κ2) is 22.5. The summed E-state index contributed by atoms with van der Waals surface area (Å²) < 4.78 is 24.5. The standard InChI is InChI=1S/C59H66N4O15/c1-31-53(71)59(73,74)54(75-23-22-63-56(61)62)55(76-31)78-52-40-12-7-11-37(60)15-16-38(67)25-34-9-5-8-33(24-34)14-17-39-44(77-32(2)66)27-36(28-64)45-46(39)51(70)47(40)48(50(45)69)49(68)41(52)26-35-10-6-13-43(42(35)29-65)58(72)21-20-57(30-58)18-3-4-19-57/h5-6,8-10,13-14,17,24,27,29,31,37-38,53-55,64,67-68,71-74H,3-4,12,15-16,18-23,25-26,28,30,60H2,1-2H3,(H4,61,62,63). The zero-order chi connectivity index (χ0) is 55.8. The second-order valence-electron chi connectivity index (χ2n) is 21.4. The van der Waals surface area contributed by atoms with Crippen LogP contribution >= 0.6 is 0 Å². The third-order valence-electron chi connectivity index (χ3n) is 16.0. The number of ether oxygens (including phenoxy) is 4. The van der Waals surface area contributed by atoms with E-state index in [1.807, 2.05) is 12.1 Å². The molecule has 78 heavy (non-hydrogen) atoms. The highest BCUT2D eigenvalue weighted by atomic mass is 16.7. The summed E-state index contributed by atoms with van der Waals surface area (Å²) in [6.07, 6.45) is 0.989. The Morgan fingerprint density at radius 3 is 2.40 bits per heavy atom. The van der Waals surface area contributed by atoms with Gasteiger partial charge in [0.15, 0.2) is 29.9 Å². The van der Waals surface area contributed by atoms with E-state index in [-0.39, 0.29) is 99.8 Å². The molecule has 1 aliphatic heterocycles. The van der Waals surface area contributed by atoms with Crippen molar-refractivity contribution in [3.05, 3.63) is 121 Å². The van der Waals surface area contributed by atoms with Gasteiger partial charge in [-0.05, 0) is 104 Å². The molecule has 9 rings (SSSR count). The van der Waals surface area contributed by atoms with Crippen LogP contribution in [0.25, 0.3) is 12.2 Å². The van der Waals surface area contributed by atoms with Crippen molar-refractivity contribution in [2.24, 2.45) is 27.6 Å². The third kappa shape index (κ3) is 10.8. The molecular weight excluding hydrogens is 1000 g/mol. The molecule has 412 valence electrons. The number of benzene rings is 4. The fourth-order valence-corrected chi connectivity index (χ4v) is 12.2. The van der Waals surface area contributed by atoms with Crippen molar-refractivity contribution in [1.82, 2.24) is 0 Å². The third-order valence-corrected chi connectivity index (χ3v) is 16.0. The molecule has 7 atom stereocenters. The molecular formula is C59H66N4O15. The summed E-state index contributed by atoms with van der Waals surface area (Å²) in [5, 5.41) is 82.0. The van der Waals surface area contributed by atoms with Crippen LogP contribution in [0.3, 0.4) is 0 Å². The molecule has 0 amide bonds. The molecule has 5 aliphatic rings. The van der Waals surface area contributed by atoms with Crippen LogP contribution in [0, 0.1) is 17.3 Å². The van der Waals surface area contributed by atoms with Gasteiger partial charge in [0.2, 0.25) is 12.1 Å². The Hall–Kier alpha value is -6.83. The molecule has 4 aromatic carbocycles. The number of hydrogen-bond acceptors (Lipinski definition) is 17. The fourth-order valence-electron chi connectivity index (χ4n) is 12.2. The first-order valence-electron chi connectivity index (χ1n) is 26.3. The van der Waals surface area contributed by atoms with Crippen molar-refractivity contribution in [3.63, 3.8) is 0 Å². The Balaban J connectivity index is 1.32. The number of phenolic OH excluding ortho intramolecular Hbond substituents is 1. The predicted octanol–water partition coefficient (Wildman–Crippen LogP) is 3.49. The van der Waals surface area contributed by atoms with Crippen LogP contribution in [0.2, 0.25) is 0 Å². The van der Waals surface area contributed by atoms with Crippen molar-refractivity contribution < 1.29 is 73.9 Å². The van der Waals surface area contributed by atoms with Gasteiger partial charge in [-0.3, -0.25) is 24.2 Å². The topological polar surface area (TPSA) is 337 Å². The number of aromatic hydroxyl groups is 1. The first kappa shape index (κ1) is 55.9. The number of aldehydes is 1. The number of nitrogens with zero attached hydrogens (tertiary/aromatic N) is 1. The van der Waals surface area contributed by atoms with Gasteiger partial charge >= 0.3 is 5.97 Å². The van der Waals surface area contributed by atoms with Crippen molar-refractivity contribution in [2.75, 3.05) is 13.2 Å². The number of carbonyl (C=O) groups excluding carboxylic acids is 4. The zero-order valence-electron chi connectivity index (χ0n) is 43.5. The lowest BCUT2D eigenvalue weighted by Gasteiger charge is -2.46. The number of ketones is 2. The molecule has 3 fully saturated rings. The molecule has 1 saturated heterocycles. The molecule has 7 unspecified atom stereocenters. The van der Waals surface area contributed by atoms with Gasteiger partial charge < -0.3 is 71.9 Å². The number of guanidine groups is 1. The Bertz CT molecular complexity index is 3170. The van der Waals surface area contributed by atoms with Gasteiger partial charge in [0, 0.05) is 58.7 Å². The number of aliphatic imine (C=N–C) groups is 1. The van der Waals surface area contributed by atoms with Gasteiger partial charge in [0.05, 0.1) is 49.2 Å². The Labute approximate surface area is 450 Å². The molecule has 0 radical (unpaired) electrons. The number of hydrogen-bond donors (Lipinski definition) is 10. The maximum absolute atomic E-state index is 16.0. The van der Waals surface area contributed by atoms with E-state index in [4.69, 9.17) is 36.1 Å². The average molecular weight is 1070 g/mol. The molecule has 1 heterocycles. The molecule has 1 spiro atoms. The Morgan fingerprint density at radius 2 is 1.68 bits per heavy atom. The molecule has 4 bridgehead atoms. The van der Waals surface area contributed by atoms with Crippen LogP contribution in [-0.2, 0) is 45.7 Å². The van der Waals surface area contributed by atoms with E-state index in [0.717, 1.165) is 44.6 Å². The van der Waals surface area contributed by atoms with Crippen LogP contribution < -0.4 is 26.7 Å². The normalized spacial score (nSPS) is 25.1. The summed E-state index contributed by atoms with van der Waals surface area (Å²) in [6.45, 7) is 1.06. The van der Waals surface area contributed by atoms with E-state index in [2.05, 4.69) is 16.8 Å². The lowest BCUT2D eigenvalue weighted by molar-refractivity contribution is -0.378. The highest BCUT2D eigenvalue weighted by Crippen LogP contribution is 2.58. The lowest BCUT2D eigenvalue weighted by atomic mass is 9.75. The minimum Gasteiger partial charge on any atom is -0.507 e. The first-order chi connectivity index (χ1) is 37.2. The van der Waals surface area contributed by atoms with E-state index >= 15 is 9.59 Å². The molecule has 19 nitrogen and oxygen atoms in total. The number of fused-ring (bicyclic) bond motifs is 2. The van der Waals surface area contributed by atoms with Crippen LogP contribution in [-0.4, -0.2) is 121 Å². The van der Waals surface area contributed by atoms with Gasteiger partial charge in [0.25, 0.3) is 0 Å². The molecule has 4 aliphatic carbocycles. The fraction of sp³-hybridized carbons (Fsp3) is 0.441. The van der Waals surface area contributed by atoms with E-state index in [1.54, 1.807) is 36.4 Å². The van der Waals surface area contributed by atoms with E-state index in [1.165, 1.54) is 19.1 Å². The number of aliphatic hydroxyl groups excluding tert-OH is 3. The summed E-state index contributed by atoms with van der Waals surface area (Å²) in [4.78, 5) is 61.7. The minimum absolute atomic E-state index is 0.0484. The van der Waals surface area contributed by atoms with E-state index in [9.17, 15) is 45.3 Å². The number of nitrogens with two attached hydrogens (primary N) is 3. The summed E-state index contributed by atoms with van der Waals surface area (Å²) in [5.74, 6) is -1.42. The zero-order valence-corrected chi connectivity index (χ0v) is 43.5. The van der Waals surface area contributed by atoms with Crippen molar-refractivity contribution >= 4 is 41.9 Å². The minimum atomic E-state index is -3.11. The molecule has 0 aromatic heterocycles. The predicted molar refractivity (Wildman–Crippen MR) is 284 cm³/mol. The maximum Gasteiger partial charge on any atom is 0.308 e. The van der Waals surface area contributed by atoms with Crippen molar-refractivity contribution in [1.29, 1.82) is 0 Å². The van der Waals surface area contributed by atoms with Crippen molar-refractivity contribution in [3.8, 4) is 29.1 Å². The van der Waals surface area contributed by atoms with Crippen molar-refractivity contribution in [2.45, 2.75) is 146 Å². The lowest BCUT2D eigenvalue weighted by Crippen LogP contribution is -2.67. The number of carbonyl (C=O) groups is 4. The second-order valence-corrected chi connectivity index (χ2v) is 21.4. The van der Waals surface area contributed by atoms with Gasteiger partial charge in [-0.25, -0.2) is 0 Å². The number of rotatable bonds is 12. The molecule has 4 aromatic rings. The van der Waals surface area contributed by atoms with Gasteiger partial charge in [-0.15, -0.1) is 0 Å². The summed E-state index contributed by atoms with van der Waals surface area (Å²) in [6, 6.07) is 12.6. The van der Waals surface area contributed by atoms with E-state index in [0.29, 0.717) is 30.3 Å². The quantitative estimate of drug-likeness (QED) is 0.0125. The van der Waals surface area contributed by atoms with Gasteiger partial charge in [-0.1, -0.05) is 73.2 Å². The highest BCUT2D eigenvalue weighted by Gasteiger charge is 2.56. The number of aliphatic hydroxyl groups is 6. The molecule has 13 N–H and O–H groups in total. The van der Waals surface area contributed by atoms with Gasteiger partial charge in [-0.2, -0.15) is 0 Å². The molecule has 2 saturated carbocycles. The number of phenols is 1. The summed E-state index contributed by atoms with van der Waals surface area (Å²) in [7, 11) is 0. The van der Waals surface area contributed by atoms with Crippen LogP contribution in [0.4, 0.5) is 0 Å². The largest absolute Gasteiger partial charge is 0.507 e. The SMILES string of the molecule is CC(=O)Oc1cc(CO)c2c3c1C=Cc1cccc(c1)CC(O)CCC(N)C#CCc1c(OC4OC(C)C(O)C(O)(O)C4OCCN=C(N)N)c(Cc4cccc(C5(O)CCC6(CCCC6)C5)c4C=O)c(O)c(c1C3=O)C2=O. The highest BCUT2D eigenvalue weighted by molar-refractivity contribution is 6.32. The molecule has 19 heteroatoms. The average Bonchev–Trinajstić information content (AvgIpc) is 4.09. The smallest absolute Gasteiger partial charge is 0.308 e. The summed E-state index contributed by atoms with van der Waals surface area (Å²) in [5.41, 5.74) is 16.1. The monoisotopic (exact) mass is 1070 g/mol. The van der Waals surface area contributed by atoms with Crippen LogP contribution in [0.1, 0.15) is 158 Å². The van der Waals surface area contributed by atoms with Crippen LogP contribution in [0.15, 0.2) is 53.5 Å². The Kier molecular flexibility index (Phi) is 16.1. The Morgan fingerprint density at radius 1 is 0.936 bits per heavy atom. The summed E-state index contributed by atoms with van der Waals surface area (Å²) >= 11 is 0. The van der Waals surface area contributed by atoms with Gasteiger partial charge in [0.1, 0.15) is 23.4 Å². The maximum atomic E-state index is 16.0.